The number of aromatic nitrogens is 2. The fourth-order valence-corrected chi connectivity index (χ4v) is 1.69. The third-order valence-corrected chi connectivity index (χ3v) is 2.58. The Kier molecular flexibility index (Phi) is 3.54. The molecule has 0 radical (unpaired) electrons. The van der Waals surface area contributed by atoms with Gasteiger partial charge >= 0.3 is 0 Å². The average Bonchev–Trinajstić information content (AvgIpc) is 2.29. The zero-order valence-corrected chi connectivity index (χ0v) is 9.95. The van der Waals surface area contributed by atoms with Gasteiger partial charge in [0.15, 0.2) is 0 Å². The van der Waals surface area contributed by atoms with Gasteiger partial charge in [0.2, 0.25) is 0 Å². The molecule has 1 heterocycles. The Bertz CT molecular complexity index is 519. The maximum absolute atomic E-state index is 13.5. The molecule has 0 saturated heterocycles. The number of benzene rings is 1. The Labute approximate surface area is 104 Å². The summed E-state index contributed by atoms with van der Waals surface area (Å²) in [5, 5.41) is 3.41. The highest BCUT2D eigenvalue weighted by Crippen LogP contribution is 2.20. The molecule has 0 aliphatic rings. The van der Waals surface area contributed by atoms with Crippen molar-refractivity contribution in [1.82, 2.24) is 9.97 Å². The van der Waals surface area contributed by atoms with Crippen LogP contribution in [-0.4, -0.2) is 9.97 Å². The summed E-state index contributed by atoms with van der Waals surface area (Å²) in [6, 6.07) is 8.02. The maximum Gasteiger partial charge on any atom is 0.134 e. The molecule has 0 spiro atoms. The number of rotatable bonds is 3. The van der Waals surface area contributed by atoms with Gasteiger partial charge in [0.25, 0.3) is 0 Å². The molecule has 5 heteroatoms. The lowest BCUT2D eigenvalue weighted by molar-refractivity contribution is 0.600. The van der Waals surface area contributed by atoms with E-state index < -0.39 is 0 Å². The van der Waals surface area contributed by atoms with Gasteiger partial charge in [-0.3, -0.25) is 0 Å². The highest BCUT2D eigenvalue weighted by molar-refractivity contribution is 6.29. The SMILES string of the molecule is CC(Nc1cc(Cl)ncn1)c1ccccc1F. The van der Waals surface area contributed by atoms with E-state index in [1.165, 1.54) is 12.4 Å². The van der Waals surface area contributed by atoms with Crippen LogP contribution in [0.5, 0.6) is 0 Å². The molecular formula is C12H11ClFN3. The van der Waals surface area contributed by atoms with Crippen LogP contribution >= 0.6 is 11.6 Å². The normalized spacial score (nSPS) is 12.2. The molecule has 0 bridgehead atoms. The van der Waals surface area contributed by atoms with Crippen LogP contribution in [-0.2, 0) is 0 Å². The molecule has 17 heavy (non-hydrogen) atoms. The Morgan fingerprint density at radius 3 is 2.76 bits per heavy atom. The van der Waals surface area contributed by atoms with Crippen molar-refractivity contribution in [1.29, 1.82) is 0 Å². The summed E-state index contributed by atoms with van der Waals surface area (Å²) in [6.45, 7) is 1.86. The van der Waals surface area contributed by atoms with Crippen LogP contribution in [0.4, 0.5) is 10.2 Å². The molecule has 88 valence electrons. The largest absolute Gasteiger partial charge is 0.363 e. The quantitative estimate of drug-likeness (QED) is 0.849. The maximum atomic E-state index is 13.5. The van der Waals surface area contributed by atoms with Crippen LogP contribution in [0.3, 0.4) is 0 Å². The second-order valence-electron chi connectivity index (χ2n) is 3.61. The van der Waals surface area contributed by atoms with E-state index >= 15 is 0 Å². The van der Waals surface area contributed by atoms with Gasteiger partial charge in [0, 0.05) is 11.6 Å². The fourth-order valence-electron chi connectivity index (χ4n) is 1.54. The highest BCUT2D eigenvalue weighted by Gasteiger charge is 2.10. The van der Waals surface area contributed by atoms with Gasteiger partial charge in [0.1, 0.15) is 23.1 Å². The average molecular weight is 252 g/mol. The Morgan fingerprint density at radius 1 is 1.29 bits per heavy atom. The third-order valence-electron chi connectivity index (χ3n) is 2.37. The number of nitrogens with zero attached hydrogens (tertiary/aromatic N) is 2. The molecule has 2 rings (SSSR count). The topological polar surface area (TPSA) is 37.8 Å². The fraction of sp³-hybridized carbons (Fsp3) is 0.167. The van der Waals surface area contributed by atoms with E-state index in [4.69, 9.17) is 11.6 Å². The zero-order chi connectivity index (χ0) is 12.3. The van der Waals surface area contributed by atoms with E-state index in [0.717, 1.165) is 0 Å². The summed E-state index contributed by atoms with van der Waals surface area (Å²) in [5.41, 5.74) is 0.585. The van der Waals surface area contributed by atoms with Crippen LogP contribution in [0.1, 0.15) is 18.5 Å². The lowest BCUT2D eigenvalue weighted by Crippen LogP contribution is -2.09. The van der Waals surface area contributed by atoms with E-state index in [1.807, 2.05) is 6.92 Å². The number of nitrogens with one attached hydrogen (secondary N) is 1. The highest BCUT2D eigenvalue weighted by atomic mass is 35.5. The predicted octanol–water partition coefficient (Wildman–Crippen LogP) is 3.44. The van der Waals surface area contributed by atoms with Crippen molar-refractivity contribution in [2.75, 3.05) is 5.32 Å². The van der Waals surface area contributed by atoms with Gasteiger partial charge in [-0.2, -0.15) is 0 Å². The van der Waals surface area contributed by atoms with E-state index in [-0.39, 0.29) is 11.9 Å². The first-order chi connectivity index (χ1) is 8.16. The number of hydrogen-bond acceptors (Lipinski definition) is 3. The molecule has 1 N–H and O–H groups in total. The first-order valence-electron chi connectivity index (χ1n) is 5.15. The van der Waals surface area contributed by atoms with Gasteiger partial charge in [0.05, 0.1) is 6.04 Å². The molecule has 0 amide bonds. The molecule has 1 atom stereocenters. The van der Waals surface area contributed by atoms with Crippen LogP contribution < -0.4 is 5.32 Å². The minimum absolute atomic E-state index is 0.192. The molecule has 0 saturated carbocycles. The first kappa shape index (κ1) is 11.8. The van der Waals surface area contributed by atoms with Crippen LogP contribution in [0.15, 0.2) is 36.7 Å². The smallest absolute Gasteiger partial charge is 0.134 e. The monoisotopic (exact) mass is 251 g/mol. The van der Waals surface area contributed by atoms with Crippen molar-refractivity contribution >= 4 is 17.4 Å². The van der Waals surface area contributed by atoms with Crippen LogP contribution in [0, 0.1) is 5.82 Å². The second-order valence-corrected chi connectivity index (χ2v) is 4.00. The van der Waals surface area contributed by atoms with Gasteiger partial charge in [-0.15, -0.1) is 0 Å². The summed E-state index contributed by atoms with van der Waals surface area (Å²) in [6.07, 6.45) is 1.36. The van der Waals surface area contributed by atoms with Gasteiger partial charge in [-0.1, -0.05) is 29.8 Å². The van der Waals surface area contributed by atoms with Crippen molar-refractivity contribution in [3.8, 4) is 0 Å². The lowest BCUT2D eigenvalue weighted by Gasteiger charge is -2.15. The van der Waals surface area contributed by atoms with E-state index in [0.29, 0.717) is 16.5 Å². The van der Waals surface area contributed by atoms with E-state index in [9.17, 15) is 4.39 Å². The molecule has 3 nitrogen and oxygen atoms in total. The molecule has 0 aliphatic carbocycles. The summed E-state index contributed by atoms with van der Waals surface area (Å²) in [5.74, 6) is 0.327. The standard InChI is InChI=1S/C12H11ClFN3/c1-8(9-4-2-3-5-10(9)14)17-12-6-11(13)15-7-16-12/h2-8H,1H3,(H,15,16,17). The Hall–Kier alpha value is -1.68. The Morgan fingerprint density at radius 2 is 2.06 bits per heavy atom. The number of halogens is 2. The van der Waals surface area contributed by atoms with Gasteiger partial charge in [-0.25, -0.2) is 14.4 Å². The Balaban J connectivity index is 2.17. The first-order valence-corrected chi connectivity index (χ1v) is 5.53. The van der Waals surface area contributed by atoms with Crippen molar-refractivity contribution in [2.45, 2.75) is 13.0 Å². The summed E-state index contributed by atoms with van der Waals surface area (Å²) in [7, 11) is 0. The lowest BCUT2D eigenvalue weighted by atomic mass is 10.1. The predicted molar refractivity (Wildman–Crippen MR) is 65.5 cm³/mol. The van der Waals surface area contributed by atoms with Crippen molar-refractivity contribution in [3.63, 3.8) is 0 Å². The number of anilines is 1. The molecule has 0 aliphatic heterocycles. The molecule has 1 unspecified atom stereocenters. The second kappa shape index (κ2) is 5.10. The zero-order valence-electron chi connectivity index (χ0n) is 9.19. The number of hydrogen-bond donors (Lipinski definition) is 1. The summed E-state index contributed by atoms with van der Waals surface area (Å²) < 4.78 is 13.5. The summed E-state index contributed by atoms with van der Waals surface area (Å²) >= 11 is 5.74. The van der Waals surface area contributed by atoms with Crippen molar-refractivity contribution < 1.29 is 4.39 Å². The molecule has 0 fully saturated rings. The molecule has 1 aromatic heterocycles. The third kappa shape index (κ3) is 2.91. The van der Waals surface area contributed by atoms with Crippen LogP contribution in [0.2, 0.25) is 5.15 Å². The van der Waals surface area contributed by atoms with E-state index in [1.54, 1.807) is 24.3 Å². The van der Waals surface area contributed by atoms with Crippen molar-refractivity contribution in [2.24, 2.45) is 0 Å². The van der Waals surface area contributed by atoms with Gasteiger partial charge < -0.3 is 5.32 Å². The summed E-state index contributed by atoms with van der Waals surface area (Å²) in [4.78, 5) is 7.78. The van der Waals surface area contributed by atoms with E-state index in [2.05, 4.69) is 15.3 Å². The van der Waals surface area contributed by atoms with Gasteiger partial charge in [-0.05, 0) is 13.0 Å². The molecular weight excluding hydrogens is 241 g/mol. The minimum Gasteiger partial charge on any atom is -0.363 e. The molecule has 1 aromatic carbocycles. The van der Waals surface area contributed by atoms with Crippen molar-refractivity contribution in [3.05, 3.63) is 53.2 Å². The van der Waals surface area contributed by atoms with Crippen LogP contribution in [0.25, 0.3) is 0 Å². The molecule has 2 aromatic rings. The minimum atomic E-state index is -0.243.